The number of carbonyl (C=O) groups excluding carboxylic acids is 1. The van der Waals surface area contributed by atoms with Gasteiger partial charge in [-0.2, -0.15) is 0 Å². The molecule has 0 radical (unpaired) electrons. The molecule has 0 aromatic heterocycles. The van der Waals surface area contributed by atoms with Crippen LogP contribution in [0.2, 0.25) is 0 Å². The average molecular weight is 244 g/mol. The van der Waals surface area contributed by atoms with E-state index in [2.05, 4.69) is 25.5 Å². The molecule has 0 spiro atoms. The highest BCUT2D eigenvalue weighted by atomic mass is 16.8. The van der Waals surface area contributed by atoms with Crippen LogP contribution >= 0.6 is 0 Å². The van der Waals surface area contributed by atoms with E-state index in [0.717, 1.165) is 25.7 Å². The van der Waals surface area contributed by atoms with E-state index in [9.17, 15) is 9.59 Å². The first-order valence-corrected chi connectivity index (χ1v) is 5.90. The van der Waals surface area contributed by atoms with Gasteiger partial charge < -0.3 is 14.6 Å². The van der Waals surface area contributed by atoms with Crippen molar-refractivity contribution in [3.63, 3.8) is 0 Å². The van der Waals surface area contributed by atoms with Crippen molar-refractivity contribution in [1.82, 2.24) is 0 Å². The molecule has 5 heteroatoms. The summed E-state index contributed by atoms with van der Waals surface area (Å²) in [6.07, 6.45) is 0.589. The first-order chi connectivity index (χ1) is 7.79. The van der Waals surface area contributed by atoms with Crippen molar-refractivity contribution >= 4 is 12.3 Å². The van der Waals surface area contributed by atoms with Crippen LogP contribution in [0.15, 0.2) is 0 Å². The Morgan fingerprint density at radius 1 is 1.12 bits per heavy atom. The van der Waals surface area contributed by atoms with Crippen molar-refractivity contribution in [2.24, 2.45) is 11.3 Å². The fraction of sp³-hybridized carbons (Fsp3) is 0.833. The number of rotatable bonds is 1. The van der Waals surface area contributed by atoms with Gasteiger partial charge >= 0.3 is 12.3 Å². The highest BCUT2D eigenvalue weighted by molar-refractivity contribution is 5.75. The predicted octanol–water partition coefficient (Wildman–Crippen LogP) is 3.42. The lowest BCUT2D eigenvalue weighted by Gasteiger charge is -2.36. The maximum Gasteiger partial charge on any atom is 0.518 e. The third-order valence-corrected chi connectivity index (χ3v) is 3.33. The Hall–Kier alpha value is -1.26. The van der Waals surface area contributed by atoms with E-state index in [-0.39, 0.29) is 11.5 Å². The summed E-state index contributed by atoms with van der Waals surface area (Å²) in [5.41, 5.74) is 0.270. The van der Waals surface area contributed by atoms with Crippen LogP contribution in [-0.2, 0) is 9.47 Å². The maximum absolute atomic E-state index is 11.0. The van der Waals surface area contributed by atoms with Crippen molar-refractivity contribution in [1.29, 1.82) is 0 Å². The van der Waals surface area contributed by atoms with Gasteiger partial charge in [-0.25, -0.2) is 9.59 Å². The molecular weight excluding hydrogens is 224 g/mol. The van der Waals surface area contributed by atoms with Crippen LogP contribution < -0.4 is 0 Å². The lowest BCUT2D eigenvalue weighted by Crippen LogP contribution is -2.30. The smallest absolute Gasteiger partial charge is 0.449 e. The van der Waals surface area contributed by atoms with Crippen molar-refractivity contribution in [2.75, 3.05) is 0 Å². The molecule has 0 aromatic rings. The minimum Gasteiger partial charge on any atom is -0.449 e. The van der Waals surface area contributed by atoms with Gasteiger partial charge in [0.25, 0.3) is 0 Å². The zero-order chi connectivity index (χ0) is 13.1. The summed E-state index contributed by atoms with van der Waals surface area (Å²) >= 11 is 0. The normalized spacial score (nSPS) is 25.1. The van der Waals surface area contributed by atoms with Gasteiger partial charge in [0.05, 0.1) is 0 Å². The lowest BCUT2D eigenvalue weighted by atomic mass is 9.72. The van der Waals surface area contributed by atoms with Gasteiger partial charge in [-0.1, -0.05) is 20.8 Å². The first kappa shape index (κ1) is 13.8. The Kier molecular flexibility index (Phi) is 4.37. The molecule has 0 saturated heterocycles. The van der Waals surface area contributed by atoms with Crippen LogP contribution in [-0.4, -0.2) is 23.5 Å². The largest absolute Gasteiger partial charge is 0.518 e. The zero-order valence-corrected chi connectivity index (χ0v) is 10.6. The summed E-state index contributed by atoms with van der Waals surface area (Å²) < 4.78 is 8.82. The molecule has 98 valence electrons. The molecule has 5 nitrogen and oxygen atoms in total. The maximum atomic E-state index is 11.0. The number of hydrogen-bond acceptors (Lipinski definition) is 4. The Labute approximate surface area is 101 Å². The number of hydrogen-bond donors (Lipinski definition) is 1. The molecule has 0 bridgehead atoms. The molecule has 0 atom stereocenters. The third kappa shape index (κ3) is 4.63. The number of carboxylic acid groups (broad SMARTS) is 1. The minimum atomic E-state index is -1.63. The monoisotopic (exact) mass is 244 g/mol. The Balaban J connectivity index is 2.33. The first-order valence-electron chi connectivity index (χ1n) is 5.90. The van der Waals surface area contributed by atoms with Gasteiger partial charge in [0.2, 0.25) is 0 Å². The lowest BCUT2D eigenvalue weighted by molar-refractivity contribution is 0.00355. The zero-order valence-electron chi connectivity index (χ0n) is 10.6. The van der Waals surface area contributed by atoms with Gasteiger partial charge in [0, 0.05) is 0 Å². The van der Waals surface area contributed by atoms with Gasteiger partial charge in [-0.15, -0.1) is 0 Å². The summed E-state index contributed by atoms with van der Waals surface area (Å²) in [6.45, 7) is 6.62. The molecule has 17 heavy (non-hydrogen) atoms. The summed E-state index contributed by atoms with van der Waals surface area (Å²) in [5, 5.41) is 8.24. The van der Waals surface area contributed by atoms with E-state index in [1.807, 2.05) is 0 Å². The molecule has 1 saturated carbocycles. The minimum absolute atomic E-state index is 0.208. The molecule has 0 heterocycles. The molecule has 1 aliphatic rings. The van der Waals surface area contributed by atoms with Crippen molar-refractivity contribution in [3.05, 3.63) is 0 Å². The summed E-state index contributed by atoms with van der Waals surface area (Å²) in [6, 6.07) is 0. The fourth-order valence-electron chi connectivity index (χ4n) is 2.28. The molecule has 0 aromatic carbocycles. The van der Waals surface area contributed by atoms with E-state index in [1.165, 1.54) is 0 Å². The average Bonchev–Trinajstić information content (AvgIpc) is 2.15. The quantitative estimate of drug-likeness (QED) is 0.565. The third-order valence-electron chi connectivity index (χ3n) is 3.33. The Bertz CT molecular complexity index is 284. The second-order valence-electron chi connectivity index (χ2n) is 5.58. The molecule has 1 aliphatic carbocycles. The molecule has 1 N–H and O–H groups in total. The fourth-order valence-corrected chi connectivity index (χ4v) is 2.28. The molecule has 0 amide bonds. The topological polar surface area (TPSA) is 72.8 Å². The standard InChI is InChI=1S/C12H20O5/c1-12(2,3)8-4-6-9(7-5-8)16-11(15)17-10(13)14/h8-9H,4-7H2,1-3H3,(H,13,14). The van der Waals surface area contributed by atoms with E-state index in [4.69, 9.17) is 9.84 Å². The van der Waals surface area contributed by atoms with E-state index in [1.54, 1.807) is 0 Å². The van der Waals surface area contributed by atoms with E-state index >= 15 is 0 Å². The number of carbonyl (C=O) groups is 2. The predicted molar refractivity (Wildman–Crippen MR) is 60.8 cm³/mol. The summed E-state index contributed by atoms with van der Waals surface area (Å²) in [7, 11) is 0. The van der Waals surface area contributed by atoms with Crippen molar-refractivity contribution in [2.45, 2.75) is 52.6 Å². The van der Waals surface area contributed by atoms with Crippen LogP contribution in [0.1, 0.15) is 46.5 Å². The van der Waals surface area contributed by atoms with Crippen LogP contribution in [0.3, 0.4) is 0 Å². The summed E-state index contributed by atoms with van der Waals surface area (Å²) in [4.78, 5) is 21.1. The van der Waals surface area contributed by atoms with Crippen molar-refractivity contribution in [3.8, 4) is 0 Å². The van der Waals surface area contributed by atoms with Crippen molar-refractivity contribution < 1.29 is 24.2 Å². The molecule has 1 fully saturated rings. The van der Waals surface area contributed by atoms with E-state index in [0.29, 0.717) is 5.92 Å². The Morgan fingerprint density at radius 2 is 1.65 bits per heavy atom. The molecule has 1 rings (SSSR count). The van der Waals surface area contributed by atoms with Crippen LogP contribution in [0, 0.1) is 11.3 Å². The summed E-state index contributed by atoms with van der Waals surface area (Å²) in [5.74, 6) is 0.623. The van der Waals surface area contributed by atoms with E-state index < -0.39 is 12.3 Å². The second kappa shape index (κ2) is 5.38. The molecule has 0 aliphatic heterocycles. The molecule has 0 unspecified atom stereocenters. The Morgan fingerprint density at radius 3 is 2.06 bits per heavy atom. The van der Waals surface area contributed by atoms with Gasteiger partial charge in [0.1, 0.15) is 6.10 Å². The van der Waals surface area contributed by atoms with Crippen LogP contribution in [0.5, 0.6) is 0 Å². The van der Waals surface area contributed by atoms with Gasteiger partial charge in [0.15, 0.2) is 0 Å². The van der Waals surface area contributed by atoms with Gasteiger partial charge in [-0.3, -0.25) is 0 Å². The molecular formula is C12H20O5. The van der Waals surface area contributed by atoms with Crippen LogP contribution in [0.25, 0.3) is 0 Å². The second-order valence-corrected chi connectivity index (χ2v) is 5.58. The highest BCUT2D eigenvalue weighted by Gasteiger charge is 2.31. The highest BCUT2D eigenvalue weighted by Crippen LogP contribution is 2.38. The number of ether oxygens (including phenoxy) is 2. The van der Waals surface area contributed by atoms with Crippen LogP contribution in [0.4, 0.5) is 9.59 Å². The van der Waals surface area contributed by atoms with Gasteiger partial charge in [-0.05, 0) is 37.0 Å². The SMILES string of the molecule is CC(C)(C)C1CCC(OC(=O)OC(=O)O)CC1.